The monoisotopic (exact) mass is 355 g/mol. The summed E-state index contributed by atoms with van der Waals surface area (Å²) in [7, 11) is 0. The molecule has 132 valence electrons. The minimum atomic E-state index is -0.473. The van der Waals surface area contributed by atoms with Crippen molar-refractivity contribution < 1.29 is 4.79 Å². The largest absolute Gasteiger partial charge is 0.368 e. The van der Waals surface area contributed by atoms with Crippen molar-refractivity contribution in [2.24, 2.45) is 5.73 Å². The number of H-pyrrole nitrogens is 1. The van der Waals surface area contributed by atoms with Gasteiger partial charge in [-0.1, -0.05) is 48.5 Å². The topological polar surface area (TPSA) is 111 Å². The molecular weight excluding hydrogens is 338 g/mol. The minimum Gasteiger partial charge on any atom is -0.368 e. The molecular formula is C21H17N5O. The maximum absolute atomic E-state index is 11.9. The van der Waals surface area contributed by atoms with Crippen LogP contribution in [0.25, 0.3) is 33.8 Å². The van der Waals surface area contributed by atoms with Crippen LogP contribution < -0.4 is 11.5 Å². The minimum absolute atomic E-state index is 0.197. The lowest BCUT2D eigenvalue weighted by Crippen LogP contribution is -2.12. The molecule has 0 radical (unpaired) electrons. The van der Waals surface area contributed by atoms with Gasteiger partial charge in [-0.25, -0.2) is 9.97 Å². The standard InChI is InChI=1S/C21H17N5O/c22-20(27)15-9-5-4-8-14(15)16-12-18(17-10-11-24-21(23)26-17)25-19(16)13-6-2-1-3-7-13/h1-12,25H,(H2,22,27)(H2,23,24,26). The van der Waals surface area contributed by atoms with Gasteiger partial charge in [-0.15, -0.1) is 0 Å². The quantitative estimate of drug-likeness (QED) is 0.520. The van der Waals surface area contributed by atoms with Gasteiger partial charge < -0.3 is 16.5 Å². The van der Waals surface area contributed by atoms with Crippen LogP contribution in [0.4, 0.5) is 5.95 Å². The van der Waals surface area contributed by atoms with Crippen molar-refractivity contribution in [3.63, 3.8) is 0 Å². The summed E-state index contributed by atoms with van der Waals surface area (Å²) >= 11 is 0. The molecule has 0 aliphatic heterocycles. The van der Waals surface area contributed by atoms with Gasteiger partial charge in [0.05, 0.1) is 17.1 Å². The van der Waals surface area contributed by atoms with Gasteiger partial charge in [-0.2, -0.15) is 0 Å². The number of nitrogens with one attached hydrogen (secondary N) is 1. The first-order valence-corrected chi connectivity index (χ1v) is 8.40. The van der Waals surface area contributed by atoms with Gasteiger partial charge in [0, 0.05) is 17.3 Å². The van der Waals surface area contributed by atoms with Crippen LogP contribution in [-0.4, -0.2) is 20.9 Å². The Morgan fingerprint density at radius 1 is 0.926 bits per heavy atom. The SMILES string of the molecule is NC(=O)c1ccccc1-c1cc(-c2ccnc(N)n2)[nH]c1-c1ccccc1. The zero-order chi connectivity index (χ0) is 18.8. The zero-order valence-electron chi connectivity index (χ0n) is 14.4. The molecule has 2 aromatic carbocycles. The number of nitrogens with two attached hydrogens (primary N) is 2. The van der Waals surface area contributed by atoms with Crippen molar-refractivity contribution in [1.29, 1.82) is 0 Å². The molecule has 0 saturated carbocycles. The van der Waals surface area contributed by atoms with E-state index in [2.05, 4.69) is 15.0 Å². The Morgan fingerprint density at radius 2 is 1.67 bits per heavy atom. The van der Waals surface area contributed by atoms with E-state index in [0.717, 1.165) is 28.1 Å². The molecule has 6 heteroatoms. The van der Waals surface area contributed by atoms with Gasteiger partial charge in [0.25, 0.3) is 0 Å². The summed E-state index contributed by atoms with van der Waals surface area (Å²) in [6.07, 6.45) is 1.61. The van der Waals surface area contributed by atoms with Crippen LogP contribution in [0.15, 0.2) is 72.9 Å². The number of rotatable bonds is 4. The molecule has 6 nitrogen and oxygen atoms in total. The fourth-order valence-corrected chi connectivity index (χ4v) is 3.09. The average Bonchev–Trinajstić information content (AvgIpc) is 3.14. The molecule has 0 bridgehead atoms. The molecule has 2 heterocycles. The fraction of sp³-hybridized carbons (Fsp3) is 0. The number of nitrogen functional groups attached to an aromatic ring is 1. The van der Waals surface area contributed by atoms with E-state index in [1.54, 1.807) is 24.4 Å². The van der Waals surface area contributed by atoms with Gasteiger partial charge in [0.15, 0.2) is 0 Å². The molecule has 0 fully saturated rings. The highest BCUT2D eigenvalue weighted by molar-refractivity contribution is 6.02. The van der Waals surface area contributed by atoms with Crippen molar-refractivity contribution >= 4 is 11.9 Å². The number of hydrogen-bond acceptors (Lipinski definition) is 4. The first-order chi connectivity index (χ1) is 13.1. The van der Waals surface area contributed by atoms with Crippen molar-refractivity contribution in [1.82, 2.24) is 15.0 Å². The van der Waals surface area contributed by atoms with Crippen LogP contribution >= 0.6 is 0 Å². The predicted octanol–water partition coefficient (Wildman–Crippen LogP) is 3.49. The maximum atomic E-state index is 11.9. The highest BCUT2D eigenvalue weighted by atomic mass is 16.1. The highest BCUT2D eigenvalue weighted by Crippen LogP contribution is 2.36. The number of primary amides is 1. The molecule has 0 aliphatic rings. The summed E-state index contributed by atoms with van der Waals surface area (Å²) in [6, 6.07) is 20.9. The van der Waals surface area contributed by atoms with E-state index in [0.29, 0.717) is 11.3 Å². The molecule has 0 atom stereocenters. The Bertz CT molecular complexity index is 1120. The normalized spacial score (nSPS) is 10.7. The van der Waals surface area contributed by atoms with Crippen LogP contribution in [0.1, 0.15) is 10.4 Å². The molecule has 5 N–H and O–H groups in total. The first kappa shape index (κ1) is 16.5. The Balaban J connectivity index is 1.97. The lowest BCUT2D eigenvalue weighted by Gasteiger charge is -2.08. The third kappa shape index (κ3) is 3.16. The molecule has 1 amide bonds. The lowest BCUT2D eigenvalue weighted by atomic mass is 9.96. The van der Waals surface area contributed by atoms with Gasteiger partial charge in [0.2, 0.25) is 11.9 Å². The van der Waals surface area contributed by atoms with E-state index < -0.39 is 5.91 Å². The molecule has 0 saturated heterocycles. The Kier molecular flexibility index (Phi) is 4.14. The summed E-state index contributed by atoms with van der Waals surface area (Å²) in [5.41, 5.74) is 16.7. The summed E-state index contributed by atoms with van der Waals surface area (Å²) < 4.78 is 0. The second-order valence-corrected chi connectivity index (χ2v) is 6.05. The maximum Gasteiger partial charge on any atom is 0.249 e. The zero-order valence-corrected chi connectivity index (χ0v) is 14.4. The highest BCUT2D eigenvalue weighted by Gasteiger charge is 2.18. The summed E-state index contributed by atoms with van der Waals surface area (Å²) in [5.74, 6) is -0.277. The van der Waals surface area contributed by atoms with Crippen molar-refractivity contribution in [3.05, 3.63) is 78.5 Å². The van der Waals surface area contributed by atoms with E-state index in [9.17, 15) is 4.79 Å². The molecule has 2 aromatic heterocycles. The number of hydrogen-bond donors (Lipinski definition) is 3. The second kappa shape index (κ2) is 6.76. The van der Waals surface area contributed by atoms with E-state index in [1.165, 1.54) is 0 Å². The van der Waals surface area contributed by atoms with Crippen LogP contribution in [0.2, 0.25) is 0 Å². The molecule has 4 rings (SSSR count). The van der Waals surface area contributed by atoms with Crippen molar-refractivity contribution in [3.8, 4) is 33.8 Å². The molecule has 0 spiro atoms. The van der Waals surface area contributed by atoms with Crippen LogP contribution in [0.3, 0.4) is 0 Å². The van der Waals surface area contributed by atoms with Crippen LogP contribution in [0.5, 0.6) is 0 Å². The van der Waals surface area contributed by atoms with E-state index >= 15 is 0 Å². The smallest absolute Gasteiger partial charge is 0.249 e. The molecule has 0 unspecified atom stereocenters. The summed E-state index contributed by atoms with van der Waals surface area (Å²) in [6.45, 7) is 0. The van der Waals surface area contributed by atoms with Gasteiger partial charge in [-0.05, 0) is 29.3 Å². The number of carbonyl (C=O) groups is 1. The fourth-order valence-electron chi connectivity index (χ4n) is 3.09. The first-order valence-electron chi connectivity index (χ1n) is 8.40. The summed E-state index contributed by atoms with van der Waals surface area (Å²) in [4.78, 5) is 23.6. The second-order valence-electron chi connectivity index (χ2n) is 6.05. The van der Waals surface area contributed by atoms with Crippen molar-refractivity contribution in [2.45, 2.75) is 0 Å². The van der Waals surface area contributed by atoms with Crippen LogP contribution in [-0.2, 0) is 0 Å². The van der Waals surface area contributed by atoms with Gasteiger partial charge in [-0.3, -0.25) is 4.79 Å². The van der Waals surface area contributed by atoms with Gasteiger partial charge in [0.1, 0.15) is 0 Å². The number of carbonyl (C=O) groups excluding carboxylic acids is 1. The number of benzene rings is 2. The molecule has 0 aliphatic carbocycles. The Morgan fingerprint density at radius 3 is 2.41 bits per heavy atom. The third-order valence-electron chi connectivity index (χ3n) is 4.31. The van der Waals surface area contributed by atoms with E-state index in [1.807, 2.05) is 48.5 Å². The van der Waals surface area contributed by atoms with Crippen LogP contribution in [0, 0.1) is 0 Å². The van der Waals surface area contributed by atoms with E-state index in [4.69, 9.17) is 11.5 Å². The lowest BCUT2D eigenvalue weighted by molar-refractivity contribution is 0.100. The number of nitrogens with zero attached hydrogens (tertiary/aromatic N) is 2. The third-order valence-corrected chi connectivity index (χ3v) is 4.31. The number of anilines is 1. The Labute approximate surface area is 155 Å². The average molecular weight is 355 g/mol. The number of aromatic amines is 1. The molecule has 27 heavy (non-hydrogen) atoms. The Hall–Kier alpha value is -3.93. The van der Waals surface area contributed by atoms with E-state index in [-0.39, 0.29) is 5.95 Å². The predicted molar refractivity (Wildman–Crippen MR) is 106 cm³/mol. The number of aromatic nitrogens is 3. The molecule has 4 aromatic rings. The number of amides is 1. The van der Waals surface area contributed by atoms with Gasteiger partial charge >= 0.3 is 0 Å². The van der Waals surface area contributed by atoms with Crippen molar-refractivity contribution in [2.75, 3.05) is 5.73 Å². The summed E-state index contributed by atoms with van der Waals surface area (Å²) in [5, 5.41) is 0.